The van der Waals surface area contributed by atoms with E-state index in [0.717, 1.165) is 52.7 Å². The quantitative estimate of drug-likeness (QED) is 0.664. The van der Waals surface area contributed by atoms with Crippen LogP contribution < -0.4 is 15.5 Å². The molecule has 2 unspecified atom stereocenters. The minimum absolute atomic E-state index is 0.0329. The molecule has 1 fully saturated rings. The van der Waals surface area contributed by atoms with Crippen LogP contribution in [0, 0.1) is 11.3 Å². The van der Waals surface area contributed by atoms with Crippen molar-refractivity contribution in [1.82, 2.24) is 15.2 Å². The third kappa shape index (κ3) is 4.30. The van der Waals surface area contributed by atoms with Crippen LogP contribution in [0.3, 0.4) is 0 Å². The van der Waals surface area contributed by atoms with Crippen molar-refractivity contribution in [2.45, 2.75) is 37.8 Å². The van der Waals surface area contributed by atoms with Gasteiger partial charge in [0.05, 0.1) is 22.3 Å². The summed E-state index contributed by atoms with van der Waals surface area (Å²) >= 11 is 1.25. The fourth-order valence-electron chi connectivity index (χ4n) is 3.86. The lowest BCUT2D eigenvalue weighted by atomic mass is 10.00. The van der Waals surface area contributed by atoms with Crippen LogP contribution in [-0.2, 0) is 18.3 Å². The number of fused-ring (bicyclic) bond motifs is 1. The lowest BCUT2D eigenvalue weighted by molar-refractivity contribution is -0.124. The molecule has 0 spiro atoms. The zero-order valence-electron chi connectivity index (χ0n) is 16.9. The fourth-order valence-corrected chi connectivity index (χ4v) is 4.78. The van der Waals surface area contributed by atoms with Crippen LogP contribution in [0.1, 0.15) is 24.8 Å². The molecule has 2 atom stereocenters. The van der Waals surface area contributed by atoms with E-state index in [1.165, 1.54) is 11.3 Å². The van der Waals surface area contributed by atoms with E-state index < -0.39 is 6.04 Å². The van der Waals surface area contributed by atoms with Crippen molar-refractivity contribution < 1.29 is 4.79 Å². The van der Waals surface area contributed by atoms with Crippen molar-refractivity contribution in [3.63, 3.8) is 0 Å². The summed E-state index contributed by atoms with van der Waals surface area (Å²) in [5.74, 6) is -0.0898. The maximum absolute atomic E-state index is 12.4. The maximum Gasteiger partial charge on any atom is 0.307 e. The van der Waals surface area contributed by atoms with E-state index >= 15 is 0 Å². The van der Waals surface area contributed by atoms with E-state index in [1.807, 2.05) is 42.5 Å². The summed E-state index contributed by atoms with van der Waals surface area (Å²) < 4.78 is 2.62. The van der Waals surface area contributed by atoms with Crippen LogP contribution in [0.5, 0.6) is 0 Å². The van der Waals surface area contributed by atoms with E-state index in [1.54, 1.807) is 11.6 Å². The van der Waals surface area contributed by atoms with Gasteiger partial charge in [0.2, 0.25) is 5.91 Å². The average Bonchev–Trinajstić information content (AvgIpc) is 3.07. The van der Waals surface area contributed by atoms with Gasteiger partial charge in [-0.3, -0.25) is 9.59 Å². The molecule has 154 valence electrons. The Morgan fingerprint density at radius 3 is 2.73 bits per heavy atom. The molecule has 0 saturated carbocycles. The molecule has 1 saturated heterocycles. The lowest BCUT2D eigenvalue weighted by Gasteiger charge is -2.23. The summed E-state index contributed by atoms with van der Waals surface area (Å²) in [5, 5.41) is 15.6. The molecular weight excluding hydrogens is 396 g/mol. The first-order chi connectivity index (χ1) is 14.5. The molecule has 1 aliphatic heterocycles. The second-order valence-electron chi connectivity index (χ2n) is 7.70. The Labute approximate surface area is 179 Å². The lowest BCUT2D eigenvalue weighted by Crippen LogP contribution is -2.49. The van der Waals surface area contributed by atoms with Crippen LogP contribution in [0.25, 0.3) is 21.3 Å². The number of benzene rings is 2. The normalized spacial score (nSPS) is 17.4. The first kappa shape index (κ1) is 20.3. The standard InChI is InChI=1S/C23H24N4O2S/c1-27-20-10-9-17(13-21(20)30-23(27)29)16-7-5-15(6-8-16)12-18(14-24)26-22(28)19-4-2-3-11-25-19/h5-10,13,18-19,25H,2-4,11-12H2,1H3,(H,26,28). The molecule has 3 aromatic rings. The summed E-state index contributed by atoms with van der Waals surface area (Å²) in [6.45, 7) is 0.850. The van der Waals surface area contributed by atoms with Crippen molar-refractivity contribution in [3.05, 3.63) is 57.7 Å². The van der Waals surface area contributed by atoms with Crippen LogP contribution in [0.4, 0.5) is 0 Å². The Hall–Kier alpha value is -2.95. The molecule has 1 amide bonds. The number of carbonyl (C=O) groups excluding carboxylic acids is 1. The van der Waals surface area contributed by atoms with Gasteiger partial charge in [-0.25, -0.2) is 0 Å². The Morgan fingerprint density at radius 2 is 2.03 bits per heavy atom. The number of nitriles is 1. The number of aromatic nitrogens is 1. The van der Waals surface area contributed by atoms with Crippen molar-refractivity contribution >= 4 is 27.5 Å². The van der Waals surface area contributed by atoms with E-state index in [0.29, 0.717) is 6.42 Å². The Kier molecular flexibility index (Phi) is 5.98. The largest absolute Gasteiger partial charge is 0.339 e. The molecular formula is C23H24N4O2S. The summed E-state index contributed by atoms with van der Waals surface area (Å²) in [4.78, 5) is 24.3. The number of aryl methyl sites for hydroxylation is 1. The van der Waals surface area contributed by atoms with Crippen molar-refractivity contribution in [2.75, 3.05) is 6.54 Å². The summed E-state index contributed by atoms with van der Waals surface area (Å²) in [5.41, 5.74) is 4.02. The number of nitrogens with zero attached hydrogens (tertiary/aromatic N) is 2. The zero-order valence-corrected chi connectivity index (χ0v) is 17.7. The predicted molar refractivity (Wildman–Crippen MR) is 119 cm³/mol. The van der Waals surface area contributed by atoms with E-state index in [2.05, 4.69) is 16.7 Å². The van der Waals surface area contributed by atoms with Crippen molar-refractivity contribution in [1.29, 1.82) is 5.26 Å². The van der Waals surface area contributed by atoms with E-state index in [-0.39, 0.29) is 16.8 Å². The predicted octanol–water partition coefficient (Wildman–Crippen LogP) is 2.96. The first-order valence-corrected chi connectivity index (χ1v) is 11.0. The van der Waals surface area contributed by atoms with Gasteiger partial charge in [0.25, 0.3) is 0 Å². The summed E-state index contributed by atoms with van der Waals surface area (Å²) in [7, 11) is 1.78. The van der Waals surface area contributed by atoms with Gasteiger partial charge in [-0.05, 0) is 48.2 Å². The third-order valence-electron chi connectivity index (χ3n) is 5.62. The highest BCUT2D eigenvalue weighted by molar-refractivity contribution is 7.16. The minimum Gasteiger partial charge on any atom is -0.339 e. The van der Waals surface area contributed by atoms with Gasteiger partial charge in [0, 0.05) is 13.5 Å². The van der Waals surface area contributed by atoms with Crippen molar-refractivity contribution in [3.8, 4) is 17.2 Å². The molecule has 2 heterocycles. The Bertz CT molecular complexity index is 1150. The van der Waals surface area contributed by atoms with Gasteiger partial charge in [-0.1, -0.05) is 48.1 Å². The Morgan fingerprint density at radius 1 is 1.27 bits per heavy atom. The van der Waals surface area contributed by atoms with Gasteiger partial charge in [0.1, 0.15) is 6.04 Å². The summed E-state index contributed by atoms with van der Waals surface area (Å²) in [6, 6.07) is 15.5. The average molecular weight is 421 g/mol. The highest BCUT2D eigenvalue weighted by Crippen LogP contribution is 2.26. The second kappa shape index (κ2) is 8.82. The molecule has 0 bridgehead atoms. The first-order valence-electron chi connectivity index (χ1n) is 10.2. The van der Waals surface area contributed by atoms with Crippen LogP contribution in [0.2, 0.25) is 0 Å². The molecule has 2 aromatic carbocycles. The fraction of sp³-hybridized carbons (Fsp3) is 0.348. The van der Waals surface area contributed by atoms with Gasteiger partial charge in [-0.15, -0.1) is 0 Å². The Balaban J connectivity index is 1.44. The highest BCUT2D eigenvalue weighted by atomic mass is 32.1. The monoisotopic (exact) mass is 420 g/mol. The molecule has 0 aliphatic carbocycles. The number of thiazole rings is 1. The third-order valence-corrected chi connectivity index (χ3v) is 6.61. The number of amides is 1. The molecule has 1 aromatic heterocycles. The number of nitrogens with one attached hydrogen (secondary N) is 2. The number of hydrogen-bond acceptors (Lipinski definition) is 5. The molecule has 30 heavy (non-hydrogen) atoms. The minimum atomic E-state index is -0.551. The molecule has 6 nitrogen and oxygen atoms in total. The topological polar surface area (TPSA) is 86.9 Å². The molecule has 7 heteroatoms. The molecule has 1 aliphatic rings. The summed E-state index contributed by atoms with van der Waals surface area (Å²) in [6.07, 6.45) is 3.41. The van der Waals surface area contributed by atoms with Crippen LogP contribution in [0.15, 0.2) is 47.3 Å². The van der Waals surface area contributed by atoms with E-state index in [4.69, 9.17) is 0 Å². The van der Waals surface area contributed by atoms with Gasteiger partial charge >= 0.3 is 4.87 Å². The van der Waals surface area contributed by atoms with E-state index in [9.17, 15) is 14.9 Å². The molecule has 0 radical (unpaired) electrons. The van der Waals surface area contributed by atoms with Gasteiger partial charge < -0.3 is 15.2 Å². The van der Waals surface area contributed by atoms with Crippen molar-refractivity contribution in [2.24, 2.45) is 7.05 Å². The highest BCUT2D eigenvalue weighted by Gasteiger charge is 2.23. The number of carbonyl (C=O) groups is 1. The number of piperidine rings is 1. The number of hydrogen-bond donors (Lipinski definition) is 2. The number of rotatable bonds is 5. The molecule has 2 N–H and O–H groups in total. The van der Waals surface area contributed by atoms with Gasteiger partial charge in [0.15, 0.2) is 0 Å². The van der Waals surface area contributed by atoms with Crippen LogP contribution in [-0.4, -0.2) is 29.1 Å². The zero-order chi connectivity index (χ0) is 21.1. The van der Waals surface area contributed by atoms with Crippen LogP contribution >= 0.6 is 11.3 Å². The SMILES string of the molecule is Cn1c(=O)sc2cc(-c3ccc(CC(C#N)NC(=O)C4CCCCN4)cc3)ccc21. The maximum atomic E-state index is 12.4. The van der Waals surface area contributed by atoms with Gasteiger partial charge in [-0.2, -0.15) is 5.26 Å². The molecule has 4 rings (SSSR count). The second-order valence-corrected chi connectivity index (χ2v) is 8.70. The smallest absolute Gasteiger partial charge is 0.307 e.